The molecule has 2 amide bonds. The highest BCUT2D eigenvalue weighted by atomic mass is 32.1. The van der Waals surface area contributed by atoms with Gasteiger partial charge in [-0.3, -0.25) is 0 Å². The molecular formula is C18H20NO5S+. The Balaban J connectivity index is 1.84. The maximum absolute atomic E-state index is 12.7. The summed E-state index contributed by atoms with van der Waals surface area (Å²) in [4.78, 5) is 25.4. The topological polar surface area (TPSA) is 83.8 Å². The second kappa shape index (κ2) is 6.59. The van der Waals surface area contributed by atoms with E-state index in [4.69, 9.17) is 4.74 Å². The first-order valence-electron chi connectivity index (χ1n) is 7.97. The van der Waals surface area contributed by atoms with Crippen LogP contribution >= 0.6 is 11.3 Å². The van der Waals surface area contributed by atoms with Gasteiger partial charge in [0.05, 0.1) is 0 Å². The number of imide groups is 1. The maximum atomic E-state index is 12.7. The van der Waals surface area contributed by atoms with Crippen molar-refractivity contribution in [1.29, 1.82) is 0 Å². The third-order valence-electron chi connectivity index (χ3n) is 4.75. The number of likely N-dealkylation sites (tertiary alicyclic amines) is 1. The van der Waals surface area contributed by atoms with Gasteiger partial charge in [0.1, 0.15) is 19.2 Å². The van der Waals surface area contributed by atoms with Crippen molar-refractivity contribution < 1.29 is 29.0 Å². The first-order valence-corrected chi connectivity index (χ1v) is 8.85. The van der Waals surface area contributed by atoms with Gasteiger partial charge in [-0.2, -0.15) is 9.59 Å². The second-order valence-electron chi connectivity index (χ2n) is 6.41. The summed E-state index contributed by atoms with van der Waals surface area (Å²) >= 11 is 1.35. The molecular weight excluding hydrogens is 342 g/mol. The van der Waals surface area contributed by atoms with E-state index >= 15 is 0 Å². The minimum atomic E-state index is -1.35. The molecule has 3 atom stereocenters. The molecule has 0 bridgehead atoms. The number of aliphatic hydroxyl groups is 1. The van der Waals surface area contributed by atoms with E-state index in [0.29, 0.717) is 4.88 Å². The summed E-state index contributed by atoms with van der Waals surface area (Å²) in [5.41, 5.74) is -0.572. The molecule has 2 unspecified atom stereocenters. The van der Waals surface area contributed by atoms with Crippen molar-refractivity contribution in [3.63, 3.8) is 0 Å². The second-order valence-corrected chi connectivity index (χ2v) is 7.36. The minimum Gasteiger partial charge on any atom is -0.435 e. The highest BCUT2D eigenvalue weighted by Gasteiger charge is 2.64. The smallest absolute Gasteiger partial charge is 0.435 e. The monoisotopic (exact) mass is 362 g/mol. The van der Waals surface area contributed by atoms with Crippen LogP contribution in [0.25, 0.3) is 0 Å². The Hall–Kier alpha value is -2.22. The Bertz CT molecular complexity index is 763. The van der Waals surface area contributed by atoms with Gasteiger partial charge in [0.15, 0.2) is 5.60 Å². The number of carboxylic acid groups (broad SMARTS) is 1. The van der Waals surface area contributed by atoms with Crippen LogP contribution in [-0.2, 0) is 16.9 Å². The molecule has 1 aromatic heterocycles. The number of hydrogen-bond donors (Lipinski definition) is 2. The van der Waals surface area contributed by atoms with Crippen LogP contribution in [0, 0.1) is 0 Å². The Morgan fingerprint density at radius 3 is 2.60 bits per heavy atom. The maximum Gasteiger partial charge on any atom is 0.527 e. The van der Waals surface area contributed by atoms with Crippen LogP contribution in [0.5, 0.6) is 0 Å². The predicted molar refractivity (Wildman–Crippen MR) is 92.1 cm³/mol. The molecule has 0 radical (unpaired) electrons. The summed E-state index contributed by atoms with van der Waals surface area (Å²) in [5.74, 6) is 0. The van der Waals surface area contributed by atoms with Crippen molar-refractivity contribution in [2.75, 3.05) is 6.54 Å². The number of hydrogen-bond acceptors (Lipinski definition) is 5. The molecule has 0 aliphatic carbocycles. The third kappa shape index (κ3) is 3.06. The van der Waals surface area contributed by atoms with Crippen LogP contribution in [0.3, 0.4) is 0 Å². The molecule has 2 N–H and O–H groups in total. The number of thiophene rings is 1. The standard InChI is InChI=1S/C18H19NO5S/c1-13-10-18(23,15-8-5-9-25-15)12-19(13,16(20)21)17(22)24-11-14-6-3-2-4-7-14/h2-9,13,23H,10-12H2,1H3/p+1/t13-,18?,19?/m1/s1. The fourth-order valence-corrected chi connectivity index (χ4v) is 4.24. The van der Waals surface area contributed by atoms with Gasteiger partial charge >= 0.3 is 12.2 Å². The van der Waals surface area contributed by atoms with Crippen molar-refractivity contribution in [2.24, 2.45) is 0 Å². The highest BCUT2D eigenvalue weighted by Crippen LogP contribution is 2.43. The molecule has 1 aromatic carbocycles. The number of nitrogens with zero attached hydrogens (tertiary/aromatic N) is 1. The van der Waals surface area contributed by atoms with Gasteiger partial charge in [-0.15, -0.1) is 15.8 Å². The van der Waals surface area contributed by atoms with Gasteiger partial charge in [0.2, 0.25) is 0 Å². The van der Waals surface area contributed by atoms with Gasteiger partial charge < -0.3 is 14.9 Å². The number of amides is 2. The average molecular weight is 362 g/mol. The number of rotatable bonds is 3. The lowest BCUT2D eigenvalue weighted by Crippen LogP contribution is -2.59. The molecule has 25 heavy (non-hydrogen) atoms. The summed E-state index contributed by atoms with van der Waals surface area (Å²) in [7, 11) is 0. The van der Waals surface area contributed by atoms with Crippen LogP contribution in [0.2, 0.25) is 0 Å². The van der Waals surface area contributed by atoms with Crippen molar-refractivity contribution in [3.05, 3.63) is 58.3 Å². The van der Waals surface area contributed by atoms with Gasteiger partial charge in [-0.05, 0) is 23.9 Å². The summed E-state index contributed by atoms with van der Waals surface area (Å²) < 4.78 is 4.37. The molecule has 2 aromatic rings. The zero-order chi connectivity index (χ0) is 18.1. The molecule has 1 aliphatic rings. The number of quaternary nitrogens is 1. The molecule has 7 heteroatoms. The van der Waals surface area contributed by atoms with Gasteiger partial charge in [-0.25, -0.2) is 0 Å². The van der Waals surface area contributed by atoms with E-state index in [0.717, 1.165) is 5.56 Å². The molecule has 0 spiro atoms. The van der Waals surface area contributed by atoms with Crippen LogP contribution in [0.4, 0.5) is 9.59 Å². The Morgan fingerprint density at radius 2 is 2.00 bits per heavy atom. The Kier molecular flexibility index (Phi) is 4.64. The van der Waals surface area contributed by atoms with Gasteiger partial charge in [0.25, 0.3) is 0 Å². The van der Waals surface area contributed by atoms with E-state index in [9.17, 15) is 19.8 Å². The number of benzene rings is 1. The normalized spacial score (nSPS) is 28.6. The molecule has 1 fully saturated rings. The zero-order valence-corrected chi connectivity index (χ0v) is 14.6. The SMILES string of the molecule is C[C@@H]1CC(O)(c2cccs2)C[N+]1(C(=O)O)C(=O)OCc1ccccc1. The zero-order valence-electron chi connectivity index (χ0n) is 13.8. The van der Waals surface area contributed by atoms with Crippen LogP contribution in [-0.4, -0.2) is 39.5 Å². The fourth-order valence-electron chi connectivity index (χ4n) is 3.41. The molecule has 0 saturated carbocycles. The summed E-state index contributed by atoms with van der Waals surface area (Å²) in [6.45, 7) is 1.41. The predicted octanol–water partition coefficient (Wildman–Crippen LogP) is 3.56. The first-order chi connectivity index (χ1) is 11.9. The number of carbonyl (C=O) groups is 2. The minimum absolute atomic E-state index is 0.00287. The molecule has 3 rings (SSSR count). The summed E-state index contributed by atoms with van der Waals surface area (Å²) in [5, 5.41) is 22.6. The van der Waals surface area contributed by atoms with E-state index in [1.165, 1.54) is 11.3 Å². The van der Waals surface area contributed by atoms with Crippen LogP contribution in [0.15, 0.2) is 47.8 Å². The first kappa shape index (κ1) is 17.6. The molecule has 6 nitrogen and oxygen atoms in total. The highest BCUT2D eigenvalue weighted by molar-refractivity contribution is 7.10. The molecule has 1 aliphatic heterocycles. The lowest BCUT2D eigenvalue weighted by Gasteiger charge is -2.28. The quantitative estimate of drug-likeness (QED) is 0.816. The average Bonchev–Trinajstić information content (AvgIpc) is 3.21. The van der Waals surface area contributed by atoms with Crippen molar-refractivity contribution in [2.45, 2.75) is 31.6 Å². The molecule has 2 heterocycles. The van der Waals surface area contributed by atoms with Crippen molar-refractivity contribution in [3.8, 4) is 0 Å². The largest absolute Gasteiger partial charge is 0.527 e. The van der Waals surface area contributed by atoms with Crippen LogP contribution < -0.4 is 0 Å². The van der Waals surface area contributed by atoms with Crippen molar-refractivity contribution in [1.82, 2.24) is 0 Å². The van der Waals surface area contributed by atoms with E-state index in [1.807, 2.05) is 23.6 Å². The Morgan fingerprint density at radius 1 is 1.28 bits per heavy atom. The van der Waals surface area contributed by atoms with E-state index in [-0.39, 0.29) is 19.6 Å². The lowest BCUT2D eigenvalue weighted by molar-refractivity contribution is -0.799. The third-order valence-corrected chi connectivity index (χ3v) is 5.81. The number of ether oxygens (including phenoxy) is 1. The lowest BCUT2D eigenvalue weighted by atomic mass is 9.99. The summed E-state index contributed by atoms with van der Waals surface area (Å²) in [6.07, 6.45) is -1.98. The summed E-state index contributed by atoms with van der Waals surface area (Å²) in [6, 6.07) is 12.0. The molecule has 1 saturated heterocycles. The van der Waals surface area contributed by atoms with E-state index in [1.54, 1.807) is 31.2 Å². The van der Waals surface area contributed by atoms with E-state index < -0.39 is 28.3 Å². The number of carbonyl (C=O) groups excluding carboxylic acids is 1. The van der Waals surface area contributed by atoms with Crippen molar-refractivity contribution >= 4 is 23.5 Å². The van der Waals surface area contributed by atoms with Crippen LogP contribution in [0.1, 0.15) is 23.8 Å². The van der Waals surface area contributed by atoms with E-state index in [2.05, 4.69) is 0 Å². The fraction of sp³-hybridized carbons (Fsp3) is 0.333. The molecule has 132 valence electrons. The van der Waals surface area contributed by atoms with Gasteiger partial charge in [0, 0.05) is 11.3 Å². The van der Waals surface area contributed by atoms with Gasteiger partial charge in [-0.1, -0.05) is 36.4 Å². The Labute approximate surface area is 149 Å².